The molecule has 0 amide bonds. The Kier molecular flexibility index (Phi) is 3.69. The minimum Gasteiger partial charge on any atom is -0.507 e. The van der Waals surface area contributed by atoms with Gasteiger partial charge in [-0.15, -0.1) is 0 Å². The highest BCUT2D eigenvalue weighted by Crippen LogP contribution is 2.31. The van der Waals surface area contributed by atoms with Crippen LogP contribution in [-0.2, 0) is 0 Å². The molecule has 2 aromatic carbocycles. The van der Waals surface area contributed by atoms with E-state index in [0.717, 1.165) is 5.56 Å². The molecule has 0 fully saturated rings. The highest BCUT2D eigenvalue weighted by Gasteiger charge is 2.19. The topological polar surface area (TPSA) is 66.0 Å². The van der Waals surface area contributed by atoms with E-state index in [4.69, 9.17) is 11.6 Å². The number of carbonyl (C=O) groups excluding carboxylic acids is 1. The predicted octanol–water partition coefficient (Wildman–Crippen LogP) is 3.98. The fraction of sp³-hybridized carbons (Fsp3) is 0.0588. The molecule has 110 valence electrons. The van der Waals surface area contributed by atoms with Crippen LogP contribution in [0.3, 0.4) is 0 Å². The van der Waals surface area contributed by atoms with Crippen LogP contribution in [0.4, 0.5) is 0 Å². The van der Waals surface area contributed by atoms with Crippen molar-refractivity contribution in [2.24, 2.45) is 0 Å². The van der Waals surface area contributed by atoms with Gasteiger partial charge in [-0.25, -0.2) is 0 Å². The standard InChI is InChI=1S/C17H13ClN2O2/c1-10-2-7-15(21)13(8-10)16-14(9-19-20-16)17(22)11-3-5-12(18)6-4-11/h2-9,21H,1H3,(H,19,20). The lowest BCUT2D eigenvalue weighted by atomic mass is 9.99. The monoisotopic (exact) mass is 312 g/mol. The molecule has 3 aromatic rings. The van der Waals surface area contributed by atoms with Gasteiger partial charge in [-0.05, 0) is 43.3 Å². The number of nitrogens with zero attached hydrogens (tertiary/aromatic N) is 1. The van der Waals surface area contributed by atoms with Gasteiger partial charge in [-0.1, -0.05) is 23.2 Å². The second-order valence-electron chi connectivity index (χ2n) is 5.02. The van der Waals surface area contributed by atoms with Crippen LogP contribution in [0.15, 0.2) is 48.7 Å². The SMILES string of the molecule is Cc1ccc(O)c(-c2[nH]ncc2C(=O)c2ccc(Cl)cc2)c1. The molecule has 0 saturated carbocycles. The fourth-order valence-corrected chi connectivity index (χ4v) is 2.40. The molecule has 0 spiro atoms. The highest BCUT2D eigenvalue weighted by molar-refractivity contribution is 6.30. The van der Waals surface area contributed by atoms with Crippen molar-refractivity contribution in [2.45, 2.75) is 6.92 Å². The Bertz CT molecular complexity index is 838. The van der Waals surface area contributed by atoms with Gasteiger partial charge in [0.25, 0.3) is 0 Å². The normalized spacial score (nSPS) is 10.6. The van der Waals surface area contributed by atoms with Crippen molar-refractivity contribution in [1.29, 1.82) is 0 Å². The Morgan fingerprint density at radius 3 is 2.64 bits per heavy atom. The molecule has 1 aromatic heterocycles. The van der Waals surface area contributed by atoms with Crippen LogP contribution in [0.25, 0.3) is 11.3 Å². The second kappa shape index (κ2) is 5.66. The number of phenols is 1. The zero-order valence-electron chi connectivity index (χ0n) is 11.8. The molecule has 5 heteroatoms. The van der Waals surface area contributed by atoms with Crippen molar-refractivity contribution in [3.8, 4) is 17.0 Å². The summed E-state index contributed by atoms with van der Waals surface area (Å²) in [6.07, 6.45) is 1.47. The molecule has 22 heavy (non-hydrogen) atoms. The summed E-state index contributed by atoms with van der Waals surface area (Å²) in [5, 5.41) is 17.4. The summed E-state index contributed by atoms with van der Waals surface area (Å²) < 4.78 is 0. The molecule has 0 aliphatic heterocycles. The van der Waals surface area contributed by atoms with Crippen molar-refractivity contribution in [3.05, 3.63) is 70.4 Å². The summed E-state index contributed by atoms with van der Waals surface area (Å²) in [5.41, 5.74) is 2.95. The van der Waals surface area contributed by atoms with Gasteiger partial charge in [-0.3, -0.25) is 9.89 Å². The number of nitrogens with one attached hydrogen (secondary N) is 1. The average Bonchev–Trinajstić information content (AvgIpc) is 2.99. The molecular weight excluding hydrogens is 300 g/mol. The maximum Gasteiger partial charge on any atom is 0.196 e. The van der Waals surface area contributed by atoms with Gasteiger partial charge in [0.05, 0.1) is 17.5 Å². The van der Waals surface area contributed by atoms with Gasteiger partial charge in [-0.2, -0.15) is 5.10 Å². The van der Waals surface area contributed by atoms with Crippen LogP contribution in [0, 0.1) is 6.92 Å². The maximum atomic E-state index is 12.6. The van der Waals surface area contributed by atoms with Crippen LogP contribution in [0.2, 0.25) is 5.02 Å². The molecule has 2 N–H and O–H groups in total. The van der Waals surface area contributed by atoms with Gasteiger partial charge in [0.2, 0.25) is 0 Å². The second-order valence-corrected chi connectivity index (χ2v) is 5.45. The summed E-state index contributed by atoms with van der Waals surface area (Å²) in [6, 6.07) is 11.9. The van der Waals surface area contributed by atoms with Crippen molar-refractivity contribution < 1.29 is 9.90 Å². The zero-order chi connectivity index (χ0) is 15.7. The molecule has 0 saturated heterocycles. The van der Waals surface area contributed by atoms with E-state index < -0.39 is 0 Å². The minimum atomic E-state index is -0.179. The Morgan fingerprint density at radius 2 is 1.91 bits per heavy atom. The fourth-order valence-electron chi connectivity index (χ4n) is 2.27. The van der Waals surface area contributed by atoms with Gasteiger partial charge >= 0.3 is 0 Å². The highest BCUT2D eigenvalue weighted by atomic mass is 35.5. The number of hydrogen-bond donors (Lipinski definition) is 2. The first-order valence-electron chi connectivity index (χ1n) is 6.70. The van der Waals surface area contributed by atoms with E-state index in [2.05, 4.69) is 10.2 Å². The van der Waals surface area contributed by atoms with Gasteiger partial charge in [0.15, 0.2) is 5.78 Å². The smallest absolute Gasteiger partial charge is 0.196 e. The summed E-state index contributed by atoms with van der Waals surface area (Å²) in [6.45, 7) is 1.92. The van der Waals surface area contributed by atoms with Crippen LogP contribution in [0.1, 0.15) is 21.5 Å². The number of benzene rings is 2. The zero-order valence-corrected chi connectivity index (χ0v) is 12.6. The average molecular weight is 313 g/mol. The lowest BCUT2D eigenvalue weighted by Gasteiger charge is -2.06. The molecule has 3 rings (SSSR count). The molecule has 0 aliphatic carbocycles. The molecule has 0 bridgehead atoms. The number of carbonyl (C=O) groups is 1. The molecule has 0 radical (unpaired) electrons. The summed E-state index contributed by atoms with van der Waals surface area (Å²) in [4.78, 5) is 12.6. The number of aryl methyl sites for hydroxylation is 1. The Morgan fingerprint density at radius 1 is 1.18 bits per heavy atom. The van der Waals surface area contributed by atoms with E-state index in [9.17, 15) is 9.90 Å². The molecule has 0 atom stereocenters. The van der Waals surface area contributed by atoms with Gasteiger partial charge < -0.3 is 5.11 Å². The number of rotatable bonds is 3. The Balaban J connectivity index is 2.07. The number of phenolic OH excluding ortho intramolecular Hbond substituents is 1. The number of aromatic hydroxyl groups is 1. The van der Waals surface area contributed by atoms with Crippen molar-refractivity contribution in [3.63, 3.8) is 0 Å². The van der Waals surface area contributed by atoms with Crippen molar-refractivity contribution in [2.75, 3.05) is 0 Å². The predicted molar refractivity (Wildman–Crippen MR) is 85.3 cm³/mol. The van der Waals surface area contributed by atoms with Crippen molar-refractivity contribution in [1.82, 2.24) is 10.2 Å². The third-order valence-electron chi connectivity index (χ3n) is 3.41. The van der Waals surface area contributed by atoms with Crippen LogP contribution in [0.5, 0.6) is 5.75 Å². The molecule has 0 aliphatic rings. The first-order chi connectivity index (χ1) is 10.6. The third kappa shape index (κ3) is 2.61. The number of halogens is 1. The Hall–Kier alpha value is -2.59. The number of aromatic nitrogens is 2. The molecule has 1 heterocycles. The molecular formula is C17H13ClN2O2. The van der Waals surface area contributed by atoms with Crippen LogP contribution < -0.4 is 0 Å². The summed E-state index contributed by atoms with van der Waals surface area (Å²) in [7, 11) is 0. The van der Waals surface area contributed by atoms with E-state index in [1.165, 1.54) is 6.20 Å². The number of H-pyrrole nitrogens is 1. The van der Waals surface area contributed by atoms with Crippen LogP contribution >= 0.6 is 11.6 Å². The Labute approximate surface area is 132 Å². The maximum absolute atomic E-state index is 12.6. The quantitative estimate of drug-likeness (QED) is 0.719. The lowest BCUT2D eigenvalue weighted by Crippen LogP contribution is -2.02. The summed E-state index contributed by atoms with van der Waals surface area (Å²) in [5.74, 6) is -0.0821. The van der Waals surface area contributed by atoms with Gasteiger partial charge in [0, 0.05) is 16.1 Å². The van der Waals surface area contributed by atoms with E-state index >= 15 is 0 Å². The molecule has 0 unspecified atom stereocenters. The van der Waals surface area contributed by atoms with Crippen molar-refractivity contribution >= 4 is 17.4 Å². The van der Waals surface area contributed by atoms with Crippen LogP contribution in [-0.4, -0.2) is 21.1 Å². The number of hydrogen-bond acceptors (Lipinski definition) is 3. The third-order valence-corrected chi connectivity index (χ3v) is 3.66. The first-order valence-corrected chi connectivity index (χ1v) is 7.07. The number of aromatic amines is 1. The first kappa shape index (κ1) is 14.4. The minimum absolute atomic E-state index is 0.0972. The summed E-state index contributed by atoms with van der Waals surface area (Å²) >= 11 is 5.84. The van der Waals surface area contributed by atoms with Gasteiger partial charge in [0.1, 0.15) is 5.75 Å². The van der Waals surface area contributed by atoms with E-state index in [1.807, 2.05) is 13.0 Å². The van der Waals surface area contributed by atoms with E-state index in [-0.39, 0.29) is 11.5 Å². The largest absolute Gasteiger partial charge is 0.507 e. The van der Waals surface area contributed by atoms with E-state index in [0.29, 0.717) is 27.4 Å². The lowest BCUT2D eigenvalue weighted by molar-refractivity contribution is 0.103. The molecule has 4 nitrogen and oxygen atoms in total. The number of ketones is 1. The van der Waals surface area contributed by atoms with E-state index in [1.54, 1.807) is 36.4 Å².